The Kier molecular flexibility index (Phi) is 15.3. The summed E-state index contributed by atoms with van der Waals surface area (Å²) < 4.78 is 0. The first-order valence-corrected chi connectivity index (χ1v) is 10.2. The predicted molar refractivity (Wildman–Crippen MR) is 112 cm³/mol. The Morgan fingerprint density at radius 3 is 1.90 bits per heavy atom. The van der Waals surface area contributed by atoms with E-state index < -0.39 is 21.2 Å². The standard InChI is InChI=1S/C20H30N3O7/c1-2-3-4-8-13-19(22(27)28)17-20(23(29)30)15-11-14-18(21(25)26)12-9-6-5-7-10-16-24/h13-15H,2-12,17H2,1H3/b18-14+,19-13+,20-15+. The van der Waals surface area contributed by atoms with Gasteiger partial charge in [0.15, 0.2) is 6.29 Å². The average Bonchev–Trinajstić information content (AvgIpc) is 2.69. The van der Waals surface area contributed by atoms with Crippen LogP contribution in [-0.2, 0) is 4.79 Å². The lowest BCUT2D eigenvalue weighted by Gasteiger charge is -2.00. The first-order valence-electron chi connectivity index (χ1n) is 10.2. The molecule has 0 amide bonds. The van der Waals surface area contributed by atoms with Crippen LogP contribution in [0.3, 0.4) is 0 Å². The van der Waals surface area contributed by atoms with Gasteiger partial charge in [0, 0.05) is 12.8 Å². The molecular weight excluding hydrogens is 394 g/mol. The fourth-order valence-electron chi connectivity index (χ4n) is 2.73. The largest absolute Gasteiger partial charge is 0.291 e. The number of allylic oxidation sites excluding steroid dienone is 4. The van der Waals surface area contributed by atoms with E-state index >= 15 is 0 Å². The van der Waals surface area contributed by atoms with Crippen LogP contribution >= 0.6 is 0 Å². The van der Waals surface area contributed by atoms with Gasteiger partial charge < -0.3 is 0 Å². The van der Waals surface area contributed by atoms with Crippen molar-refractivity contribution >= 4 is 6.29 Å². The smallest absolute Gasteiger partial charge is 0.253 e. The second kappa shape index (κ2) is 17.0. The van der Waals surface area contributed by atoms with E-state index in [-0.39, 0.29) is 29.9 Å². The normalized spacial score (nSPS) is 12.6. The van der Waals surface area contributed by atoms with Crippen LogP contribution in [0.4, 0.5) is 0 Å². The van der Waals surface area contributed by atoms with Crippen LogP contribution in [0.15, 0.2) is 35.3 Å². The highest BCUT2D eigenvalue weighted by Gasteiger charge is 2.21. The summed E-state index contributed by atoms with van der Waals surface area (Å²) in [5.74, 6) is 0. The van der Waals surface area contributed by atoms with Gasteiger partial charge in [-0.15, -0.1) is 0 Å². The zero-order valence-electron chi connectivity index (χ0n) is 17.4. The van der Waals surface area contributed by atoms with Gasteiger partial charge in [-0.2, -0.15) is 0 Å². The van der Waals surface area contributed by atoms with Crippen LogP contribution in [-0.4, -0.2) is 21.1 Å². The lowest BCUT2D eigenvalue weighted by molar-refractivity contribution is -0.450. The Morgan fingerprint density at radius 2 is 1.33 bits per heavy atom. The fraction of sp³-hybridized carbons (Fsp3) is 0.650. The van der Waals surface area contributed by atoms with Crippen LogP contribution in [0.2, 0.25) is 0 Å². The molecule has 0 aliphatic carbocycles. The molecule has 30 heavy (non-hydrogen) atoms. The minimum absolute atomic E-state index is 0.0412. The van der Waals surface area contributed by atoms with Crippen LogP contribution in [0.1, 0.15) is 84.0 Å². The molecule has 0 saturated carbocycles. The number of hydrogen-bond donors (Lipinski definition) is 0. The monoisotopic (exact) mass is 424 g/mol. The quantitative estimate of drug-likeness (QED) is 0.165. The van der Waals surface area contributed by atoms with E-state index in [1.807, 2.05) is 6.92 Å². The number of nitro groups is 3. The molecule has 1 radical (unpaired) electrons. The van der Waals surface area contributed by atoms with Crippen molar-refractivity contribution < 1.29 is 19.6 Å². The van der Waals surface area contributed by atoms with Crippen LogP contribution in [0, 0.1) is 30.3 Å². The van der Waals surface area contributed by atoms with Crippen molar-refractivity contribution in [2.75, 3.05) is 0 Å². The zero-order chi connectivity index (χ0) is 22.8. The van der Waals surface area contributed by atoms with Crippen LogP contribution < -0.4 is 0 Å². The van der Waals surface area contributed by atoms with E-state index in [1.54, 1.807) is 6.29 Å². The minimum Gasteiger partial charge on any atom is -0.291 e. The predicted octanol–water partition coefficient (Wildman–Crippen LogP) is 5.28. The highest BCUT2D eigenvalue weighted by Crippen LogP contribution is 2.17. The third kappa shape index (κ3) is 13.3. The van der Waals surface area contributed by atoms with Gasteiger partial charge in [-0.1, -0.05) is 32.6 Å². The Bertz CT molecular complexity index is 669. The van der Waals surface area contributed by atoms with Crippen LogP contribution in [0.25, 0.3) is 0 Å². The molecule has 0 rings (SSSR count). The molecule has 0 aromatic rings. The lowest BCUT2D eigenvalue weighted by atomic mass is 10.1. The van der Waals surface area contributed by atoms with Gasteiger partial charge in [-0.3, -0.25) is 35.1 Å². The van der Waals surface area contributed by atoms with Crippen molar-refractivity contribution in [2.45, 2.75) is 84.0 Å². The molecule has 0 fully saturated rings. The van der Waals surface area contributed by atoms with Crippen molar-refractivity contribution in [1.82, 2.24) is 0 Å². The summed E-state index contributed by atoms with van der Waals surface area (Å²) in [6.07, 6.45) is 11.7. The molecule has 0 unspecified atom stereocenters. The van der Waals surface area contributed by atoms with E-state index in [9.17, 15) is 35.1 Å². The second-order valence-electron chi connectivity index (χ2n) is 6.82. The Labute approximate surface area is 176 Å². The molecule has 0 heterocycles. The molecule has 0 aromatic heterocycles. The molecule has 10 nitrogen and oxygen atoms in total. The fourth-order valence-corrected chi connectivity index (χ4v) is 2.73. The van der Waals surface area contributed by atoms with Gasteiger partial charge in [0.05, 0.1) is 14.8 Å². The Balaban J connectivity index is 4.97. The van der Waals surface area contributed by atoms with E-state index in [1.165, 1.54) is 18.2 Å². The third-order valence-electron chi connectivity index (χ3n) is 4.42. The summed E-state index contributed by atoms with van der Waals surface area (Å²) in [6.45, 7) is 2.00. The molecule has 0 spiro atoms. The summed E-state index contributed by atoms with van der Waals surface area (Å²) in [4.78, 5) is 41.9. The van der Waals surface area contributed by atoms with Gasteiger partial charge in [0.2, 0.25) is 5.70 Å². The van der Waals surface area contributed by atoms with E-state index in [4.69, 9.17) is 0 Å². The molecule has 0 atom stereocenters. The lowest BCUT2D eigenvalue weighted by Crippen LogP contribution is -2.06. The SMILES string of the molecule is CCCCC/C=C(\C/C(=C\C/C=C(\CCCCCC[C]=O)[N+](=O)[O-])[N+](=O)[O-])[N+](=O)[O-]. The molecule has 0 aliphatic rings. The topological polar surface area (TPSA) is 146 Å². The van der Waals surface area contributed by atoms with Gasteiger partial charge >= 0.3 is 0 Å². The average molecular weight is 424 g/mol. The maximum Gasteiger partial charge on any atom is 0.253 e. The molecule has 0 aromatic carbocycles. The van der Waals surface area contributed by atoms with Gasteiger partial charge in [-0.05, 0) is 50.3 Å². The number of nitrogens with zero attached hydrogens (tertiary/aromatic N) is 3. The summed E-state index contributed by atoms with van der Waals surface area (Å²) >= 11 is 0. The third-order valence-corrected chi connectivity index (χ3v) is 4.42. The number of rotatable bonds is 18. The Morgan fingerprint density at radius 1 is 0.767 bits per heavy atom. The molecule has 10 heteroatoms. The highest BCUT2D eigenvalue weighted by atomic mass is 16.6. The van der Waals surface area contributed by atoms with Gasteiger partial charge in [0.25, 0.3) is 11.4 Å². The van der Waals surface area contributed by atoms with Crippen molar-refractivity contribution in [2.24, 2.45) is 0 Å². The number of unbranched alkanes of at least 4 members (excludes halogenated alkanes) is 7. The summed E-state index contributed by atoms with van der Waals surface area (Å²) in [7, 11) is 0. The summed E-state index contributed by atoms with van der Waals surface area (Å²) in [6, 6.07) is 0. The number of hydrogen-bond acceptors (Lipinski definition) is 7. The summed E-state index contributed by atoms with van der Waals surface area (Å²) in [5, 5.41) is 33.6. The van der Waals surface area contributed by atoms with Gasteiger partial charge in [-0.25, -0.2) is 0 Å². The summed E-state index contributed by atoms with van der Waals surface area (Å²) in [5.41, 5.74) is -0.627. The minimum atomic E-state index is -0.687. The van der Waals surface area contributed by atoms with E-state index in [2.05, 4.69) is 0 Å². The van der Waals surface area contributed by atoms with E-state index in [0.29, 0.717) is 25.7 Å². The van der Waals surface area contributed by atoms with Crippen molar-refractivity contribution in [1.29, 1.82) is 0 Å². The molecule has 0 N–H and O–H groups in total. The molecule has 0 aliphatic heterocycles. The highest BCUT2D eigenvalue weighted by molar-refractivity contribution is 5.50. The van der Waals surface area contributed by atoms with Crippen molar-refractivity contribution in [3.63, 3.8) is 0 Å². The maximum atomic E-state index is 11.2. The maximum absolute atomic E-state index is 11.2. The molecule has 0 bridgehead atoms. The first kappa shape index (κ1) is 27.1. The second-order valence-corrected chi connectivity index (χ2v) is 6.82. The van der Waals surface area contributed by atoms with Gasteiger partial charge in [0.1, 0.15) is 6.42 Å². The molecule has 167 valence electrons. The zero-order valence-corrected chi connectivity index (χ0v) is 17.4. The van der Waals surface area contributed by atoms with E-state index in [0.717, 1.165) is 32.1 Å². The first-order chi connectivity index (χ1) is 14.3. The molecular formula is C20H30N3O7. The van der Waals surface area contributed by atoms with Crippen LogP contribution in [0.5, 0.6) is 0 Å². The Hall–Kier alpha value is -2.91. The van der Waals surface area contributed by atoms with Crippen molar-refractivity contribution in [3.05, 3.63) is 65.7 Å². The molecule has 0 saturated heterocycles. The van der Waals surface area contributed by atoms with Crippen molar-refractivity contribution in [3.8, 4) is 0 Å². The number of carbonyl (C=O) groups excluding carboxylic acids is 1.